The van der Waals surface area contributed by atoms with E-state index < -0.39 is 24.4 Å². The third-order valence-corrected chi connectivity index (χ3v) is 2.69. The molecule has 0 atom stereocenters. The number of nitrogens with zero attached hydrogens (tertiary/aromatic N) is 1. The second kappa shape index (κ2) is 6.01. The lowest BCUT2D eigenvalue weighted by Crippen LogP contribution is -2.30. The van der Waals surface area contributed by atoms with E-state index in [0.29, 0.717) is 4.90 Å². The number of aliphatic carboxylic acids is 1. The summed E-state index contributed by atoms with van der Waals surface area (Å²) >= 11 is 1.16. The van der Waals surface area contributed by atoms with Crippen molar-refractivity contribution in [3.8, 4) is 0 Å². The SMILES string of the molecule is CSc1cc(C(=O)O)cnc1C(=O)NCC(=O)O. The Morgan fingerprint density at radius 2 is 2.06 bits per heavy atom. The van der Waals surface area contributed by atoms with Crippen LogP contribution in [0.2, 0.25) is 0 Å². The molecule has 0 spiro atoms. The Morgan fingerprint density at radius 3 is 2.56 bits per heavy atom. The molecule has 0 bridgehead atoms. The summed E-state index contributed by atoms with van der Waals surface area (Å²) in [5, 5.41) is 19.4. The minimum Gasteiger partial charge on any atom is -0.480 e. The lowest BCUT2D eigenvalue weighted by atomic mass is 10.2. The molecule has 1 aromatic heterocycles. The molecule has 8 heteroatoms. The first-order valence-electron chi connectivity index (χ1n) is 4.73. The summed E-state index contributed by atoms with van der Waals surface area (Å²) in [5.74, 6) is -2.97. The number of carbonyl (C=O) groups is 3. The summed E-state index contributed by atoms with van der Waals surface area (Å²) in [4.78, 5) is 36.8. The van der Waals surface area contributed by atoms with Gasteiger partial charge in [-0.05, 0) is 12.3 Å². The van der Waals surface area contributed by atoms with Gasteiger partial charge in [0.15, 0.2) is 0 Å². The predicted octanol–water partition coefficient (Wildman–Crippen LogP) is 0.316. The van der Waals surface area contributed by atoms with Crippen molar-refractivity contribution >= 4 is 29.6 Å². The average molecular weight is 270 g/mol. The number of carboxylic acids is 2. The second-order valence-electron chi connectivity index (χ2n) is 3.16. The zero-order valence-electron chi connectivity index (χ0n) is 9.34. The molecular weight excluding hydrogens is 260 g/mol. The van der Waals surface area contributed by atoms with Gasteiger partial charge in [0.1, 0.15) is 12.2 Å². The van der Waals surface area contributed by atoms with Crippen molar-refractivity contribution in [2.24, 2.45) is 0 Å². The molecule has 0 fully saturated rings. The van der Waals surface area contributed by atoms with Gasteiger partial charge in [-0.15, -0.1) is 11.8 Å². The van der Waals surface area contributed by atoms with Gasteiger partial charge in [-0.25, -0.2) is 9.78 Å². The van der Waals surface area contributed by atoms with Crippen LogP contribution < -0.4 is 5.32 Å². The standard InChI is InChI=1S/C10H10N2O5S/c1-18-6-2-5(10(16)17)3-11-8(6)9(15)12-4-7(13)14/h2-3H,4H2,1H3,(H,12,15)(H,13,14)(H,16,17). The number of rotatable bonds is 5. The fourth-order valence-electron chi connectivity index (χ4n) is 1.13. The molecule has 18 heavy (non-hydrogen) atoms. The Balaban J connectivity index is 2.98. The molecule has 0 aromatic carbocycles. The van der Waals surface area contributed by atoms with E-state index in [9.17, 15) is 14.4 Å². The van der Waals surface area contributed by atoms with Gasteiger partial charge in [-0.3, -0.25) is 9.59 Å². The van der Waals surface area contributed by atoms with E-state index in [0.717, 1.165) is 18.0 Å². The van der Waals surface area contributed by atoms with E-state index in [1.807, 2.05) is 0 Å². The van der Waals surface area contributed by atoms with Crippen LogP contribution in [0.5, 0.6) is 0 Å². The molecule has 1 aromatic rings. The predicted molar refractivity (Wildman–Crippen MR) is 62.9 cm³/mol. The van der Waals surface area contributed by atoms with Crippen molar-refractivity contribution in [1.29, 1.82) is 0 Å². The monoisotopic (exact) mass is 270 g/mol. The van der Waals surface area contributed by atoms with E-state index in [4.69, 9.17) is 10.2 Å². The highest BCUT2D eigenvalue weighted by molar-refractivity contribution is 7.98. The smallest absolute Gasteiger partial charge is 0.337 e. The summed E-state index contributed by atoms with van der Waals surface area (Å²) in [6.45, 7) is -0.519. The highest BCUT2D eigenvalue weighted by atomic mass is 32.2. The van der Waals surface area contributed by atoms with E-state index in [2.05, 4.69) is 10.3 Å². The largest absolute Gasteiger partial charge is 0.480 e. The van der Waals surface area contributed by atoms with Crippen LogP contribution in [0.15, 0.2) is 17.2 Å². The molecule has 0 radical (unpaired) electrons. The summed E-state index contributed by atoms with van der Waals surface area (Å²) in [7, 11) is 0. The fourth-order valence-corrected chi connectivity index (χ4v) is 1.71. The molecule has 0 aliphatic carbocycles. The Morgan fingerprint density at radius 1 is 1.39 bits per heavy atom. The topological polar surface area (TPSA) is 117 Å². The summed E-state index contributed by atoms with van der Waals surface area (Å²) in [6.07, 6.45) is 2.72. The maximum atomic E-state index is 11.6. The van der Waals surface area contributed by atoms with E-state index in [1.54, 1.807) is 6.26 Å². The first-order chi connectivity index (χ1) is 8.45. The average Bonchev–Trinajstić information content (AvgIpc) is 2.34. The number of nitrogens with one attached hydrogen (secondary N) is 1. The second-order valence-corrected chi connectivity index (χ2v) is 4.00. The van der Waals surface area contributed by atoms with Gasteiger partial charge in [0.05, 0.1) is 5.56 Å². The van der Waals surface area contributed by atoms with Crippen LogP contribution in [0.1, 0.15) is 20.8 Å². The molecule has 1 rings (SSSR count). The van der Waals surface area contributed by atoms with E-state index in [1.165, 1.54) is 6.07 Å². The van der Waals surface area contributed by atoms with Crippen LogP contribution in [0.25, 0.3) is 0 Å². The van der Waals surface area contributed by atoms with Crippen LogP contribution >= 0.6 is 11.8 Å². The molecule has 96 valence electrons. The number of aromatic nitrogens is 1. The molecule has 1 amide bonds. The third kappa shape index (κ3) is 3.45. The van der Waals surface area contributed by atoms with Crippen molar-refractivity contribution in [2.75, 3.05) is 12.8 Å². The van der Waals surface area contributed by atoms with Crippen molar-refractivity contribution in [2.45, 2.75) is 4.90 Å². The molecule has 7 nitrogen and oxygen atoms in total. The maximum absolute atomic E-state index is 11.6. The van der Waals surface area contributed by atoms with Crippen LogP contribution in [0.3, 0.4) is 0 Å². The van der Waals surface area contributed by atoms with Gasteiger partial charge in [0.25, 0.3) is 5.91 Å². The Hall–Kier alpha value is -2.09. The molecule has 3 N–H and O–H groups in total. The minimum atomic E-state index is -1.17. The Labute approximate surface area is 106 Å². The van der Waals surface area contributed by atoms with Crippen molar-refractivity contribution in [3.63, 3.8) is 0 Å². The number of hydrogen-bond acceptors (Lipinski definition) is 5. The van der Waals surface area contributed by atoms with Gasteiger partial charge >= 0.3 is 11.9 Å². The maximum Gasteiger partial charge on any atom is 0.337 e. The molecular formula is C10H10N2O5S. The highest BCUT2D eigenvalue weighted by Crippen LogP contribution is 2.19. The lowest BCUT2D eigenvalue weighted by Gasteiger charge is -2.07. The zero-order valence-corrected chi connectivity index (χ0v) is 10.2. The van der Waals surface area contributed by atoms with Crippen molar-refractivity contribution < 1.29 is 24.6 Å². The normalized spacial score (nSPS) is 9.83. The molecule has 0 aliphatic heterocycles. The van der Waals surface area contributed by atoms with Crippen molar-refractivity contribution in [3.05, 3.63) is 23.5 Å². The van der Waals surface area contributed by atoms with Crippen LogP contribution in [0, 0.1) is 0 Å². The molecule has 1 heterocycles. The molecule has 0 saturated carbocycles. The third-order valence-electron chi connectivity index (χ3n) is 1.93. The molecule has 0 saturated heterocycles. The van der Waals surface area contributed by atoms with E-state index >= 15 is 0 Å². The summed E-state index contributed by atoms with van der Waals surface area (Å²) in [6, 6.07) is 1.32. The van der Waals surface area contributed by atoms with Gasteiger partial charge < -0.3 is 15.5 Å². The van der Waals surface area contributed by atoms with Gasteiger partial charge in [-0.2, -0.15) is 0 Å². The van der Waals surface area contributed by atoms with Gasteiger partial charge in [-0.1, -0.05) is 0 Å². The summed E-state index contributed by atoms with van der Waals surface area (Å²) < 4.78 is 0. The number of amides is 1. The number of thioether (sulfide) groups is 1. The van der Waals surface area contributed by atoms with Crippen LogP contribution in [-0.2, 0) is 4.79 Å². The number of carbonyl (C=O) groups excluding carboxylic acids is 1. The number of hydrogen-bond donors (Lipinski definition) is 3. The van der Waals surface area contributed by atoms with Crippen LogP contribution in [-0.4, -0.2) is 45.8 Å². The minimum absolute atomic E-state index is 0.00810. The summed E-state index contributed by atoms with van der Waals surface area (Å²) in [5.41, 5.74) is -0.0251. The number of aromatic carboxylic acids is 1. The number of carboxylic acid groups (broad SMARTS) is 2. The molecule has 0 unspecified atom stereocenters. The molecule has 0 aliphatic rings. The quantitative estimate of drug-likeness (QED) is 0.659. The van der Waals surface area contributed by atoms with E-state index in [-0.39, 0.29) is 11.3 Å². The number of pyridine rings is 1. The van der Waals surface area contributed by atoms with Crippen molar-refractivity contribution in [1.82, 2.24) is 10.3 Å². The zero-order chi connectivity index (χ0) is 13.7. The van der Waals surface area contributed by atoms with Gasteiger partial charge in [0, 0.05) is 11.1 Å². The first-order valence-corrected chi connectivity index (χ1v) is 5.95. The first kappa shape index (κ1) is 14.0. The van der Waals surface area contributed by atoms with Gasteiger partial charge in [0.2, 0.25) is 0 Å². The Kier molecular flexibility index (Phi) is 4.67. The van der Waals surface area contributed by atoms with Crippen LogP contribution in [0.4, 0.5) is 0 Å². The Bertz CT molecular complexity index is 503. The highest BCUT2D eigenvalue weighted by Gasteiger charge is 2.16. The fraction of sp³-hybridized carbons (Fsp3) is 0.200. The lowest BCUT2D eigenvalue weighted by molar-refractivity contribution is -0.135.